The van der Waals surface area contributed by atoms with Gasteiger partial charge in [-0.2, -0.15) is 5.01 Å². The molecule has 0 N–H and O–H groups in total. The Morgan fingerprint density at radius 2 is 1.62 bits per heavy atom. The monoisotopic (exact) mass is 548 g/mol. The van der Waals surface area contributed by atoms with Crippen LogP contribution >= 0.6 is 11.6 Å². The zero-order chi connectivity index (χ0) is 27.7. The third-order valence-corrected chi connectivity index (χ3v) is 7.39. The molecule has 5 rings (SSSR count). The maximum absolute atomic E-state index is 13.6. The van der Waals surface area contributed by atoms with E-state index in [1.807, 2.05) is 6.92 Å². The number of rotatable bonds is 7. The number of esters is 1. The summed E-state index contributed by atoms with van der Waals surface area (Å²) in [6.45, 7) is 1.49. The smallest absolute Gasteiger partial charge is 0.379 e. The first kappa shape index (κ1) is 26.4. The Morgan fingerprint density at radius 1 is 0.949 bits per heavy atom. The Bertz CT molecular complexity index is 1420. The summed E-state index contributed by atoms with van der Waals surface area (Å²) in [7, 11) is 0. The molecule has 0 bridgehead atoms. The number of halogens is 1. The van der Waals surface area contributed by atoms with Crippen LogP contribution in [0.4, 0.5) is 0 Å². The second kappa shape index (κ2) is 10.9. The Labute approximate surface area is 229 Å². The summed E-state index contributed by atoms with van der Waals surface area (Å²) in [4.78, 5) is 65.8. The molecule has 39 heavy (non-hydrogen) atoms. The molecule has 2 aromatic carbocycles. The number of carbonyl (C=O) groups is 5. The predicted octanol–water partition coefficient (Wildman–Crippen LogP) is 4.81. The van der Waals surface area contributed by atoms with Crippen molar-refractivity contribution in [3.63, 3.8) is 0 Å². The van der Waals surface area contributed by atoms with Crippen LogP contribution < -0.4 is 4.74 Å². The number of hydrogen-bond donors (Lipinski definition) is 0. The van der Waals surface area contributed by atoms with E-state index in [-0.39, 0.29) is 28.6 Å². The van der Waals surface area contributed by atoms with Crippen molar-refractivity contribution in [1.82, 2.24) is 10.0 Å². The zero-order valence-corrected chi connectivity index (χ0v) is 21.8. The predicted molar refractivity (Wildman–Crippen MR) is 139 cm³/mol. The Balaban J connectivity index is 1.38. The number of ether oxygens (including phenoxy) is 1. The second-order valence-electron chi connectivity index (χ2n) is 9.80. The molecule has 3 amide bonds. The standard InChI is InChI=1S/C29H25ClN2O7/c1-17-4-13-22-23(15-17)28(36)32(27(22)35)31(26(34)19-5-9-20(30)10-6-19)16-24(33)18-7-11-21(12-8-18)39-29(37)25-3-2-14-38-25/h2-3,5-12,14,17,22-23H,4,13,15-16H2,1H3/t17-,22+,23+/m1/s1. The van der Waals surface area contributed by atoms with E-state index in [0.717, 1.165) is 16.4 Å². The molecule has 0 radical (unpaired) electrons. The molecule has 0 unspecified atom stereocenters. The van der Waals surface area contributed by atoms with Crippen LogP contribution in [0.15, 0.2) is 71.3 Å². The molecule has 3 atom stereocenters. The Morgan fingerprint density at radius 3 is 2.28 bits per heavy atom. The van der Waals surface area contributed by atoms with Gasteiger partial charge in [-0.3, -0.25) is 19.2 Å². The van der Waals surface area contributed by atoms with Gasteiger partial charge in [-0.15, -0.1) is 0 Å². The van der Waals surface area contributed by atoms with Gasteiger partial charge in [-0.25, -0.2) is 9.80 Å². The number of imide groups is 1. The van der Waals surface area contributed by atoms with Gasteiger partial charge < -0.3 is 9.15 Å². The molecule has 1 aromatic heterocycles. The van der Waals surface area contributed by atoms with E-state index < -0.39 is 47.9 Å². The maximum atomic E-state index is 13.6. The van der Waals surface area contributed by atoms with Crippen molar-refractivity contribution in [2.75, 3.05) is 6.54 Å². The van der Waals surface area contributed by atoms with E-state index in [1.165, 1.54) is 60.9 Å². The van der Waals surface area contributed by atoms with E-state index in [2.05, 4.69) is 0 Å². The first-order valence-corrected chi connectivity index (χ1v) is 12.9. The van der Waals surface area contributed by atoms with E-state index in [1.54, 1.807) is 6.07 Å². The number of Topliss-reactive ketones (excluding diaryl/α,β-unsaturated/α-hetero) is 1. The SMILES string of the molecule is C[C@@H]1CC[C@@H]2C(=O)N(N(CC(=O)c3ccc(OC(=O)c4ccco4)cc3)C(=O)c3ccc(Cl)cc3)C(=O)[C@H]2C1. The lowest BCUT2D eigenvalue weighted by Gasteiger charge is -2.30. The van der Waals surface area contributed by atoms with E-state index in [0.29, 0.717) is 17.9 Å². The highest BCUT2D eigenvalue weighted by molar-refractivity contribution is 6.30. The van der Waals surface area contributed by atoms with Crippen molar-refractivity contribution in [3.8, 4) is 5.75 Å². The summed E-state index contributed by atoms with van der Waals surface area (Å²) in [5.74, 6) is -3.33. The lowest BCUT2D eigenvalue weighted by atomic mass is 9.76. The summed E-state index contributed by atoms with van der Waals surface area (Å²) in [5.41, 5.74) is 0.378. The summed E-state index contributed by atoms with van der Waals surface area (Å²) >= 11 is 5.97. The van der Waals surface area contributed by atoms with Gasteiger partial charge in [-0.05, 0) is 85.8 Å². The lowest BCUT2D eigenvalue weighted by molar-refractivity contribution is -0.154. The fraction of sp³-hybridized carbons (Fsp3) is 0.276. The summed E-state index contributed by atoms with van der Waals surface area (Å²) in [5, 5.41) is 2.21. The van der Waals surface area contributed by atoms with Crippen LogP contribution in [-0.2, 0) is 9.59 Å². The highest BCUT2D eigenvalue weighted by Crippen LogP contribution is 2.41. The molecule has 0 spiro atoms. The quantitative estimate of drug-likeness (QED) is 0.180. The molecule has 2 fully saturated rings. The van der Waals surface area contributed by atoms with Crippen LogP contribution in [0.5, 0.6) is 5.75 Å². The highest BCUT2D eigenvalue weighted by Gasteiger charge is 2.52. The first-order valence-electron chi connectivity index (χ1n) is 12.6. The van der Waals surface area contributed by atoms with Gasteiger partial charge in [0.2, 0.25) is 5.76 Å². The van der Waals surface area contributed by atoms with Crippen LogP contribution in [0, 0.1) is 17.8 Å². The first-order chi connectivity index (χ1) is 18.7. The van der Waals surface area contributed by atoms with Crippen molar-refractivity contribution >= 4 is 41.1 Å². The van der Waals surface area contributed by atoms with E-state index >= 15 is 0 Å². The van der Waals surface area contributed by atoms with Crippen LogP contribution in [0.1, 0.15) is 57.5 Å². The summed E-state index contributed by atoms with van der Waals surface area (Å²) < 4.78 is 10.2. The molecule has 3 aromatic rings. The molecule has 1 saturated heterocycles. The number of fused-ring (bicyclic) bond motifs is 1. The minimum absolute atomic E-state index is 0.0291. The number of benzene rings is 2. The minimum atomic E-state index is -0.694. The van der Waals surface area contributed by atoms with Crippen molar-refractivity contribution < 1.29 is 33.1 Å². The number of ketones is 1. The molecule has 2 heterocycles. The second-order valence-corrected chi connectivity index (χ2v) is 10.2. The molecule has 1 saturated carbocycles. The molecule has 1 aliphatic carbocycles. The molecule has 1 aliphatic heterocycles. The summed E-state index contributed by atoms with van der Waals surface area (Å²) in [6, 6.07) is 14.8. The topological polar surface area (TPSA) is 114 Å². The average molecular weight is 549 g/mol. The molecule has 9 nitrogen and oxygen atoms in total. The van der Waals surface area contributed by atoms with Gasteiger partial charge in [0.1, 0.15) is 12.3 Å². The van der Waals surface area contributed by atoms with E-state index in [9.17, 15) is 24.0 Å². The van der Waals surface area contributed by atoms with Gasteiger partial charge in [0.15, 0.2) is 5.78 Å². The minimum Gasteiger partial charge on any atom is -0.457 e. The van der Waals surface area contributed by atoms with Gasteiger partial charge in [-0.1, -0.05) is 18.5 Å². The lowest BCUT2D eigenvalue weighted by Crippen LogP contribution is -2.52. The molecule has 200 valence electrons. The number of furan rings is 1. The largest absolute Gasteiger partial charge is 0.457 e. The van der Waals surface area contributed by atoms with Crippen molar-refractivity contribution in [3.05, 3.63) is 88.8 Å². The van der Waals surface area contributed by atoms with Crippen LogP contribution in [-0.4, -0.2) is 46.0 Å². The molecule has 2 aliphatic rings. The number of carbonyl (C=O) groups excluding carboxylic acids is 5. The van der Waals surface area contributed by atoms with Crippen molar-refractivity contribution in [2.24, 2.45) is 17.8 Å². The summed E-state index contributed by atoms with van der Waals surface area (Å²) in [6.07, 6.45) is 3.28. The number of hydrazine groups is 1. The Kier molecular flexibility index (Phi) is 7.34. The zero-order valence-electron chi connectivity index (χ0n) is 21.0. The average Bonchev–Trinajstić information content (AvgIpc) is 3.55. The maximum Gasteiger partial charge on any atom is 0.379 e. The third kappa shape index (κ3) is 5.35. The molecular formula is C29H25ClN2O7. The Hall–Kier alpha value is -4.24. The fourth-order valence-electron chi connectivity index (χ4n) is 5.07. The normalized spacial score (nSPS) is 20.5. The number of amides is 3. The van der Waals surface area contributed by atoms with Crippen molar-refractivity contribution in [1.29, 1.82) is 0 Å². The van der Waals surface area contributed by atoms with Gasteiger partial charge in [0.25, 0.3) is 17.7 Å². The van der Waals surface area contributed by atoms with Gasteiger partial charge >= 0.3 is 5.97 Å². The van der Waals surface area contributed by atoms with E-state index in [4.69, 9.17) is 20.8 Å². The highest BCUT2D eigenvalue weighted by atomic mass is 35.5. The number of nitrogens with zero attached hydrogens (tertiary/aromatic N) is 2. The van der Waals surface area contributed by atoms with Crippen molar-refractivity contribution in [2.45, 2.75) is 26.2 Å². The third-order valence-electron chi connectivity index (χ3n) is 7.13. The molecule has 10 heteroatoms. The van der Waals surface area contributed by atoms with Crippen LogP contribution in [0.2, 0.25) is 5.02 Å². The van der Waals surface area contributed by atoms with Crippen LogP contribution in [0.3, 0.4) is 0 Å². The fourth-order valence-corrected chi connectivity index (χ4v) is 5.20. The van der Waals surface area contributed by atoms with Crippen LogP contribution in [0.25, 0.3) is 0 Å². The molecular weight excluding hydrogens is 524 g/mol. The van der Waals surface area contributed by atoms with Gasteiger partial charge in [0.05, 0.1) is 18.1 Å². The number of hydrogen-bond acceptors (Lipinski definition) is 7. The van der Waals surface area contributed by atoms with Gasteiger partial charge in [0, 0.05) is 16.1 Å².